The molecule has 0 radical (unpaired) electrons. The van der Waals surface area contributed by atoms with Crippen molar-refractivity contribution < 1.29 is 14.3 Å². The van der Waals surface area contributed by atoms with Crippen LogP contribution >= 0.6 is 0 Å². The van der Waals surface area contributed by atoms with Gasteiger partial charge in [-0.05, 0) is 26.8 Å². The smallest absolute Gasteiger partial charge is 0.198 e. The Labute approximate surface area is 123 Å². The molecule has 0 atom stereocenters. The molecule has 106 valence electrons. The summed E-state index contributed by atoms with van der Waals surface area (Å²) < 4.78 is 5.86. The molecule has 3 heteroatoms. The summed E-state index contributed by atoms with van der Waals surface area (Å²) in [5, 5.41) is 0. The second-order valence-corrected chi connectivity index (χ2v) is 6.10. The van der Waals surface area contributed by atoms with Crippen LogP contribution in [0.4, 0.5) is 0 Å². The number of ketones is 2. The molecule has 1 aliphatic rings. The molecular weight excluding hydrogens is 264 g/mol. The minimum absolute atomic E-state index is 0.125. The van der Waals surface area contributed by atoms with Gasteiger partial charge in [-0.15, -0.1) is 0 Å². The van der Waals surface area contributed by atoms with Crippen LogP contribution in [0, 0.1) is 0 Å². The van der Waals surface area contributed by atoms with E-state index in [1.54, 1.807) is 42.5 Å². The van der Waals surface area contributed by atoms with Crippen molar-refractivity contribution in [1.82, 2.24) is 0 Å². The summed E-state index contributed by atoms with van der Waals surface area (Å²) >= 11 is 0. The Morgan fingerprint density at radius 3 is 1.95 bits per heavy atom. The van der Waals surface area contributed by atoms with E-state index in [4.69, 9.17) is 4.74 Å². The SMILES string of the molecule is CC(C)(C)Oc1cccc2c1C(=O)c1ccccc1C2=O. The van der Waals surface area contributed by atoms with Crippen molar-refractivity contribution in [1.29, 1.82) is 0 Å². The Kier molecular flexibility index (Phi) is 2.94. The maximum Gasteiger partial charge on any atom is 0.198 e. The minimum atomic E-state index is -0.435. The molecule has 0 saturated carbocycles. The lowest BCUT2D eigenvalue weighted by Gasteiger charge is -2.25. The van der Waals surface area contributed by atoms with E-state index in [2.05, 4.69) is 0 Å². The summed E-state index contributed by atoms with van der Waals surface area (Å²) in [4.78, 5) is 25.3. The van der Waals surface area contributed by atoms with E-state index in [1.165, 1.54) is 0 Å². The molecule has 0 amide bonds. The largest absolute Gasteiger partial charge is 0.487 e. The molecule has 0 aliphatic heterocycles. The normalized spacial score (nSPS) is 13.7. The van der Waals surface area contributed by atoms with Crippen LogP contribution in [0.25, 0.3) is 0 Å². The highest BCUT2D eigenvalue weighted by atomic mass is 16.5. The topological polar surface area (TPSA) is 43.4 Å². The Morgan fingerprint density at radius 1 is 0.762 bits per heavy atom. The average Bonchev–Trinajstić information content (AvgIpc) is 2.43. The monoisotopic (exact) mass is 280 g/mol. The van der Waals surface area contributed by atoms with E-state index in [0.29, 0.717) is 28.0 Å². The van der Waals surface area contributed by atoms with E-state index < -0.39 is 5.60 Å². The number of ether oxygens (including phenoxy) is 1. The van der Waals surface area contributed by atoms with Gasteiger partial charge in [-0.3, -0.25) is 9.59 Å². The Balaban J connectivity index is 2.21. The fourth-order valence-corrected chi connectivity index (χ4v) is 2.53. The maximum absolute atomic E-state index is 12.7. The van der Waals surface area contributed by atoms with Crippen LogP contribution in [-0.4, -0.2) is 17.2 Å². The predicted octanol–water partition coefficient (Wildman–Crippen LogP) is 3.64. The lowest BCUT2D eigenvalue weighted by atomic mass is 9.83. The molecule has 0 unspecified atom stereocenters. The van der Waals surface area contributed by atoms with Gasteiger partial charge in [0.15, 0.2) is 11.6 Å². The van der Waals surface area contributed by atoms with E-state index in [1.807, 2.05) is 20.8 Å². The molecule has 3 nitrogen and oxygen atoms in total. The lowest BCUT2D eigenvalue weighted by molar-refractivity contribution is 0.0958. The van der Waals surface area contributed by atoms with Gasteiger partial charge in [0, 0.05) is 16.7 Å². The average molecular weight is 280 g/mol. The molecule has 0 bridgehead atoms. The van der Waals surface area contributed by atoms with Gasteiger partial charge in [-0.1, -0.05) is 36.4 Å². The zero-order chi connectivity index (χ0) is 15.2. The summed E-state index contributed by atoms with van der Waals surface area (Å²) in [5.74, 6) is 0.187. The molecule has 0 N–H and O–H groups in total. The predicted molar refractivity (Wildman–Crippen MR) is 80.1 cm³/mol. The highest BCUT2D eigenvalue weighted by Gasteiger charge is 2.32. The number of rotatable bonds is 1. The fraction of sp³-hybridized carbons (Fsp3) is 0.222. The number of hydrogen-bond acceptors (Lipinski definition) is 3. The molecule has 0 spiro atoms. The van der Waals surface area contributed by atoms with Crippen LogP contribution in [-0.2, 0) is 0 Å². The van der Waals surface area contributed by atoms with E-state index >= 15 is 0 Å². The number of benzene rings is 2. The molecule has 0 saturated heterocycles. The standard InChI is InChI=1S/C18H16O3/c1-18(2,3)21-14-10-6-9-13-15(14)17(20)12-8-5-4-7-11(12)16(13)19/h4-10H,1-3H3. The first-order valence-electron chi connectivity index (χ1n) is 6.89. The number of hydrogen-bond donors (Lipinski definition) is 0. The molecule has 0 heterocycles. The Hall–Kier alpha value is -2.42. The lowest BCUT2D eigenvalue weighted by Crippen LogP contribution is -2.27. The van der Waals surface area contributed by atoms with Gasteiger partial charge >= 0.3 is 0 Å². The zero-order valence-corrected chi connectivity index (χ0v) is 12.3. The third-order valence-corrected chi connectivity index (χ3v) is 3.33. The van der Waals surface area contributed by atoms with Crippen molar-refractivity contribution >= 4 is 11.6 Å². The Bertz CT molecular complexity index is 751. The second-order valence-electron chi connectivity index (χ2n) is 6.10. The molecule has 1 aliphatic carbocycles. The molecule has 0 fully saturated rings. The zero-order valence-electron chi connectivity index (χ0n) is 12.3. The first-order valence-corrected chi connectivity index (χ1v) is 6.89. The molecule has 2 aromatic carbocycles. The molecular formula is C18H16O3. The van der Waals surface area contributed by atoms with Crippen molar-refractivity contribution in [2.24, 2.45) is 0 Å². The molecule has 21 heavy (non-hydrogen) atoms. The number of carbonyl (C=O) groups is 2. The van der Waals surface area contributed by atoms with Gasteiger partial charge in [0.1, 0.15) is 11.4 Å². The minimum Gasteiger partial charge on any atom is -0.487 e. The van der Waals surface area contributed by atoms with E-state index in [0.717, 1.165) is 0 Å². The summed E-state index contributed by atoms with van der Waals surface area (Å²) in [7, 11) is 0. The summed E-state index contributed by atoms with van der Waals surface area (Å²) in [6, 6.07) is 12.1. The summed E-state index contributed by atoms with van der Waals surface area (Å²) in [5.41, 5.74) is 1.26. The third kappa shape index (κ3) is 2.25. The van der Waals surface area contributed by atoms with Crippen LogP contribution in [0.2, 0.25) is 0 Å². The first kappa shape index (κ1) is 13.6. The molecule has 0 aromatic heterocycles. The molecule has 2 aromatic rings. The van der Waals surface area contributed by atoms with Crippen LogP contribution in [0.5, 0.6) is 5.75 Å². The highest BCUT2D eigenvalue weighted by molar-refractivity contribution is 6.29. The highest BCUT2D eigenvalue weighted by Crippen LogP contribution is 2.34. The summed E-state index contributed by atoms with van der Waals surface area (Å²) in [6.07, 6.45) is 0. The van der Waals surface area contributed by atoms with Gasteiger partial charge in [0.25, 0.3) is 0 Å². The van der Waals surface area contributed by atoms with Gasteiger partial charge in [-0.25, -0.2) is 0 Å². The second kappa shape index (κ2) is 4.55. The van der Waals surface area contributed by atoms with Crippen LogP contribution < -0.4 is 4.74 Å². The Morgan fingerprint density at radius 2 is 1.33 bits per heavy atom. The van der Waals surface area contributed by atoms with Crippen molar-refractivity contribution in [3.05, 3.63) is 64.7 Å². The number of fused-ring (bicyclic) bond motifs is 2. The fourth-order valence-electron chi connectivity index (χ4n) is 2.53. The van der Waals surface area contributed by atoms with Crippen molar-refractivity contribution in [2.75, 3.05) is 0 Å². The van der Waals surface area contributed by atoms with Gasteiger partial charge in [0.05, 0.1) is 5.56 Å². The number of carbonyl (C=O) groups excluding carboxylic acids is 2. The summed E-state index contributed by atoms with van der Waals surface area (Å²) in [6.45, 7) is 5.74. The van der Waals surface area contributed by atoms with Crippen LogP contribution in [0.3, 0.4) is 0 Å². The van der Waals surface area contributed by atoms with Crippen LogP contribution in [0.15, 0.2) is 42.5 Å². The first-order chi connectivity index (χ1) is 9.88. The quantitative estimate of drug-likeness (QED) is 0.683. The van der Waals surface area contributed by atoms with Crippen molar-refractivity contribution in [3.63, 3.8) is 0 Å². The van der Waals surface area contributed by atoms with Gasteiger partial charge < -0.3 is 4.74 Å². The third-order valence-electron chi connectivity index (χ3n) is 3.33. The van der Waals surface area contributed by atoms with E-state index in [-0.39, 0.29) is 11.6 Å². The van der Waals surface area contributed by atoms with Crippen molar-refractivity contribution in [3.8, 4) is 5.75 Å². The van der Waals surface area contributed by atoms with Gasteiger partial charge in [0.2, 0.25) is 0 Å². The van der Waals surface area contributed by atoms with Crippen LogP contribution in [0.1, 0.15) is 52.6 Å². The van der Waals surface area contributed by atoms with Crippen molar-refractivity contribution in [2.45, 2.75) is 26.4 Å². The van der Waals surface area contributed by atoms with Gasteiger partial charge in [-0.2, -0.15) is 0 Å². The maximum atomic E-state index is 12.7. The van der Waals surface area contributed by atoms with E-state index in [9.17, 15) is 9.59 Å². The molecule has 3 rings (SSSR count).